The van der Waals surface area contributed by atoms with Crippen molar-refractivity contribution in [3.8, 4) is 0 Å². The van der Waals surface area contributed by atoms with E-state index in [0.717, 1.165) is 37.5 Å². The summed E-state index contributed by atoms with van der Waals surface area (Å²) in [4.78, 5) is 0. The molecule has 0 bridgehead atoms. The lowest BCUT2D eigenvalue weighted by Gasteiger charge is -2.61. The Bertz CT molecular complexity index is 796. The summed E-state index contributed by atoms with van der Waals surface area (Å²) >= 11 is 0. The van der Waals surface area contributed by atoms with E-state index < -0.39 is 5.60 Å². The SMILES string of the molecule is CC12CC(=Cc3ccccc3)C(O)CC1CCC1C2CCC2(C)C1CC[C@]2(C)O. The van der Waals surface area contributed by atoms with E-state index >= 15 is 0 Å². The zero-order valence-electron chi connectivity index (χ0n) is 18.4. The van der Waals surface area contributed by atoms with Gasteiger partial charge in [0.1, 0.15) is 0 Å². The Morgan fingerprint density at radius 2 is 1.66 bits per heavy atom. The Balaban J connectivity index is 1.46. The summed E-state index contributed by atoms with van der Waals surface area (Å²) in [6.45, 7) is 7.01. The van der Waals surface area contributed by atoms with E-state index in [1.807, 2.05) is 0 Å². The Kier molecular flexibility index (Phi) is 4.57. The van der Waals surface area contributed by atoms with E-state index in [-0.39, 0.29) is 11.5 Å². The zero-order chi connectivity index (χ0) is 20.4. The summed E-state index contributed by atoms with van der Waals surface area (Å²) in [7, 11) is 0. The Hall–Kier alpha value is -1.12. The summed E-state index contributed by atoms with van der Waals surface area (Å²) in [6, 6.07) is 10.5. The molecule has 29 heavy (non-hydrogen) atoms. The van der Waals surface area contributed by atoms with Gasteiger partial charge in [0.2, 0.25) is 0 Å². The molecule has 4 aliphatic carbocycles. The van der Waals surface area contributed by atoms with E-state index in [2.05, 4.69) is 57.2 Å². The van der Waals surface area contributed by atoms with Gasteiger partial charge in [-0.05, 0) is 104 Å². The first-order chi connectivity index (χ1) is 13.7. The molecular formula is C27H38O2. The molecule has 2 heteroatoms. The van der Waals surface area contributed by atoms with Crippen LogP contribution in [0, 0.1) is 34.5 Å². The van der Waals surface area contributed by atoms with Crippen LogP contribution in [0.25, 0.3) is 6.08 Å². The molecule has 0 spiro atoms. The molecule has 1 aromatic carbocycles. The number of hydrogen-bond acceptors (Lipinski definition) is 2. The van der Waals surface area contributed by atoms with Crippen LogP contribution >= 0.6 is 0 Å². The summed E-state index contributed by atoms with van der Waals surface area (Å²) in [5.41, 5.74) is 2.33. The van der Waals surface area contributed by atoms with Crippen LogP contribution in [0.15, 0.2) is 35.9 Å². The lowest BCUT2D eigenvalue weighted by atomic mass is 9.44. The highest BCUT2D eigenvalue weighted by Gasteiger charge is 2.63. The minimum atomic E-state index is -0.498. The normalized spacial score (nSPS) is 50.7. The van der Waals surface area contributed by atoms with Crippen molar-refractivity contribution in [2.45, 2.75) is 83.8 Å². The Morgan fingerprint density at radius 1 is 0.931 bits per heavy atom. The predicted octanol–water partition coefficient (Wildman–Crippen LogP) is 5.83. The van der Waals surface area contributed by atoms with Gasteiger partial charge in [-0.15, -0.1) is 0 Å². The lowest BCUT2D eigenvalue weighted by Crippen LogP contribution is -2.56. The van der Waals surface area contributed by atoms with Crippen LogP contribution in [-0.4, -0.2) is 21.9 Å². The maximum atomic E-state index is 11.1. The average Bonchev–Trinajstić information content (AvgIpc) is 2.93. The first-order valence-electron chi connectivity index (χ1n) is 11.9. The van der Waals surface area contributed by atoms with Crippen LogP contribution < -0.4 is 0 Å². The molecule has 0 amide bonds. The topological polar surface area (TPSA) is 40.5 Å². The van der Waals surface area contributed by atoms with Crippen LogP contribution in [0.4, 0.5) is 0 Å². The third-order valence-electron chi connectivity index (χ3n) is 10.3. The maximum absolute atomic E-state index is 11.1. The number of aliphatic hydroxyl groups is 2. The molecule has 2 nitrogen and oxygen atoms in total. The Labute approximate surface area is 176 Å². The van der Waals surface area contributed by atoms with Crippen molar-refractivity contribution < 1.29 is 10.2 Å². The van der Waals surface area contributed by atoms with Crippen LogP contribution in [0.3, 0.4) is 0 Å². The van der Waals surface area contributed by atoms with Crippen molar-refractivity contribution in [2.24, 2.45) is 34.5 Å². The molecule has 5 rings (SSSR count). The van der Waals surface area contributed by atoms with Gasteiger partial charge in [-0.2, -0.15) is 0 Å². The molecule has 0 aliphatic heterocycles. The molecule has 8 atom stereocenters. The Morgan fingerprint density at radius 3 is 2.41 bits per heavy atom. The van der Waals surface area contributed by atoms with Gasteiger partial charge in [0.25, 0.3) is 0 Å². The van der Waals surface area contributed by atoms with Crippen molar-refractivity contribution >= 4 is 6.08 Å². The zero-order valence-corrected chi connectivity index (χ0v) is 18.4. The minimum absolute atomic E-state index is 0.0915. The summed E-state index contributed by atoms with van der Waals surface area (Å²) in [6.07, 6.45) is 11.1. The summed E-state index contributed by atoms with van der Waals surface area (Å²) in [5, 5.41) is 22.1. The molecular weight excluding hydrogens is 356 g/mol. The standard InChI is InChI=1S/C27H38O2/c1-25-17-19(15-18-7-5-4-6-8-18)24(28)16-20(25)9-10-21-22(25)11-13-26(2)23(21)12-14-27(26,3)29/h4-8,15,20-24,28-29H,9-14,16-17H2,1-3H3/t20?,21?,22?,23?,24?,25?,26?,27-/m0/s1. The average molecular weight is 395 g/mol. The number of benzene rings is 1. The second-order valence-electron chi connectivity index (χ2n) is 11.5. The first-order valence-corrected chi connectivity index (χ1v) is 11.9. The maximum Gasteiger partial charge on any atom is 0.0756 e. The number of fused-ring (bicyclic) bond motifs is 5. The van der Waals surface area contributed by atoms with Crippen molar-refractivity contribution in [3.05, 3.63) is 41.5 Å². The third-order valence-corrected chi connectivity index (χ3v) is 10.3. The highest BCUT2D eigenvalue weighted by Crippen LogP contribution is 2.68. The quantitative estimate of drug-likeness (QED) is 0.629. The largest absolute Gasteiger partial charge is 0.390 e. The predicted molar refractivity (Wildman–Crippen MR) is 118 cm³/mol. The monoisotopic (exact) mass is 394 g/mol. The molecule has 0 radical (unpaired) electrons. The molecule has 7 unspecified atom stereocenters. The molecule has 2 N–H and O–H groups in total. The van der Waals surface area contributed by atoms with Crippen LogP contribution in [-0.2, 0) is 0 Å². The van der Waals surface area contributed by atoms with Gasteiger partial charge >= 0.3 is 0 Å². The summed E-state index contributed by atoms with van der Waals surface area (Å²) in [5.74, 6) is 2.79. The van der Waals surface area contributed by atoms with Crippen molar-refractivity contribution in [3.63, 3.8) is 0 Å². The van der Waals surface area contributed by atoms with Crippen molar-refractivity contribution in [1.82, 2.24) is 0 Å². The van der Waals surface area contributed by atoms with Gasteiger partial charge < -0.3 is 10.2 Å². The molecule has 4 aliphatic rings. The van der Waals surface area contributed by atoms with Crippen molar-refractivity contribution in [1.29, 1.82) is 0 Å². The highest BCUT2D eigenvalue weighted by molar-refractivity contribution is 5.54. The second-order valence-corrected chi connectivity index (χ2v) is 11.5. The fraction of sp³-hybridized carbons (Fsp3) is 0.704. The van der Waals surface area contributed by atoms with E-state index in [4.69, 9.17) is 0 Å². The first kappa shape index (κ1) is 19.8. The number of aliphatic hydroxyl groups excluding tert-OH is 1. The molecule has 158 valence electrons. The van der Waals surface area contributed by atoms with Gasteiger partial charge in [0, 0.05) is 0 Å². The fourth-order valence-electron chi connectivity index (χ4n) is 8.33. The number of rotatable bonds is 1. The van der Waals surface area contributed by atoms with Gasteiger partial charge in [-0.25, -0.2) is 0 Å². The van der Waals surface area contributed by atoms with Crippen LogP contribution in [0.1, 0.15) is 77.7 Å². The van der Waals surface area contributed by atoms with Gasteiger partial charge in [-0.1, -0.05) is 50.3 Å². The fourth-order valence-corrected chi connectivity index (χ4v) is 8.33. The third kappa shape index (κ3) is 2.89. The minimum Gasteiger partial charge on any atom is -0.390 e. The number of hydrogen-bond donors (Lipinski definition) is 2. The van der Waals surface area contributed by atoms with E-state index in [9.17, 15) is 10.2 Å². The molecule has 4 saturated carbocycles. The van der Waals surface area contributed by atoms with E-state index in [1.165, 1.54) is 36.8 Å². The van der Waals surface area contributed by atoms with Gasteiger partial charge in [0.15, 0.2) is 0 Å². The van der Waals surface area contributed by atoms with Gasteiger partial charge in [0.05, 0.1) is 11.7 Å². The van der Waals surface area contributed by atoms with E-state index in [0.29, 0.717) is 17.3 Å². The highest BCUT2D eigenvalue weighted by atomic mass is 16.3. The summed E-state index contributed by atoms with van der Waals surface area (Å²) < 4.78 is 0. The van der Waals surface area contributed by atoms with Crippen molar-refractivity contribution in [2.75, 3.05) is 0 Å². The molecule has 4 fully saturated rings. The smallest absolute Gasteiger partial charge is 0.0756 e. The molecule has 0 aromatic heterocycles. The van der Waals surface area contributed by atoms with Crippen LogP contribution in [0.2, 0.25) is 0 Å². The second kappa shape index (κ2) is 6.69. The lowest BCUT2D eigenvalue weighted by molar-refractivity contribution is -0.146. The molecule has 0 heterocycles. The van der Waals surface area contributed by atoms with Gasteiger partial charge in [-0.3, -0.25) is 0 Å². The molecule has 1 aromatic rings. The van der Waals surface area contributed by atoms with Crippen LogP contribution in [0.5, 0.6) is 0 Å². The van der Waals surface area contributed by atoms with E-state index in [1.54, 1.807) is 0 Å². The molecule has 0 saturated heterocycles.